The van der Waals surface area contributed by atoms with Gasteiger partial charge in [-0.2, -0.15) is 4.31 Å². The number of piperidine rings is 1. The highest BCUT2D eigenvalue weighted by atomic mass is 32.2. The van der Waals surface area contributed by atoms with E-state index in [1.165, 1.54) is 0 Å². The Morgan fingerprint density at radius 3 is 2.23 bits per heavy atom. The van der Waals surface area contributed by atoms with Crippen molar-refractivity contribution < 1.29 is 13.2 Å². The van der Waals surface area contributed by atoms with Crippen molar-refractivity contribution in [3.05, 3.63) is 30.3 Å². The van der Waals surface area contributed by atoms with Crippen LogP contribution in [-0.2, 0) is 14.8 Å². The first-order valence-corrected chi connectivity index (χ1v) is 10.9. The first kappa shape index (κ1) is 19.3. The number of piperazine rings is 1. The molecule has 2 aliphatic rings. The van der Waals surface area contributed by atoms with Crippen LogP contribution in [0.4, 0.5) is 0 Å². The number of benzene rings is 1. The Kier molecular flexibility index (Phi) is 6.32. The van der Waals surface area contributed by atoms with E-state index in [0.29, 0.717) is 30.3 Å². The van der Waals surface area contributed by atoms with E-state index in [4.69, 9.17) is 0 Å². The quantitative estimate of drug-likeness (QED) is 0.780. The van der Waals surface area contributed by atoms with Gasteiger partial charge in [-0.25, -0.2) is 8.42 Å². The standard InChI is InChI=1S/C19H29N3O3S/c1-20-13-15-21(16-14-20)19(23)8-7-17-9-11-22(12-10-17)26(24,25)18-5-3-2-4-6-18/h2-6,17H,7-16H2,1H3. The number of sulfonamides is 1. The zero-order chi connectivity index (χ0) is 18.6. The Morgan fingerprint density at radius 2 is 1.62 bits per heavy atom. The van der Waals surface area contributed by atoms with Crippen molar-refractivity contribution in [2.24, 2.45) is 5.92 Å². The van der Waals surface area contributed by atoms with Crippen LogP contribution in [0.1, 0.15) is 25.7 Å². The molecule has 6 nitrogen and oxygen atoms in total. The summed E-state index contributed by atoms with van der Waals surface area (Å²) in [7, 11) is -1.30. The number of rotatable bonds is 5. The van der Waals surface area contributed by atoms with Gasteiger partial charge in [0.15, 0.2) is 0 Å². The summed E-state index contributed by atoms with van der Waals surface area (Å²) in [6, 6.07) is 8.63. The summed E-state index contributed by atoms with van der Waals surface area (Å²) >= 11 is 0. The van der Waals surface area contributed by atoms with E-state index in [-0.39, 0.29) is 5.91 Å². The molecule has 7 heteroatoms. The summed E-state index contributed by atoms with van der Waals surface area (Å²) in [4.78, 5) is 16.9. The second kappa shape index (κ2) is 8.50. The number of hydrogen-bond acceptors (Lipinski definition) is 4. The third-order valence-electron chi connectivity index (χ3n) is 5.58. The molecule has 2 saturated heterocycles. The molecule has 0 aromatic heterocycles. The average Bonchev–Trinajstić information content (AvgIpc) is 2.67. The Labute approximate surface area is 156 Å². The van der Waals surface area contributed by atoms with Gasteiger partial charge in [0, 0.05) is 45.7 Å². The smallest absolute Gasteiger partial charge is 0.243 e. The summed E-state index contributed by atoms with van der Waals surface area (Å²) in [6.45, 7) is 4.63. The number of hydrogen-bond donors (Lipinski definition) is 0. The molecule has 0 unspecified atom stereocenters. The number of amides is 1. The van der Waals surface area contributed by atoms with Gasteiger partial charge in [0.25, 0.3) is 0 Å². The second-order valence-corrected chi connectivity index (χ2v) is 9.32. The lowest BCUT2D eigenvalue weighted by atomic mass is 9.93. The third kappa shape index (κ3) is 4.64. The zero-order valence-electron chi connectivity index (χ0n) is 15.5. The largest absolute Gasteiger partial charge is 0.340 e. The predicted molar refractivity (Wildman–Crippen MR) is 101 cm³/mol. The van der Waals surface area contributed by atoms with Gasteiger partial charge in [0.05, 0.1) is 4.90 Å². The van der Waals surface area contributed by atoms with Crippen LogP contribution < -0.4 is 0 Å². The number of carbonyl (C=O) groups excluding carboxylic acids is 1. The van der Waals surface area contributed by atoms with Crippen LogP contribution in [0.3, 0.4) is 0 Å². The lowest BCUT2D eigenvalue weighted by Crippen LogP contribution is -2.47. The van der Waals surface area contributed by atoms with Gasteiger partial charge in [-0.3, -0.25) is 4.79 Å². The van der Waals surface area contributed by atoms with Crippen LogP contribution in [0.2, 0.25) is 0 Å². The molecule has 2 fully saturated rings. The molecule has 0 aliphatic carbocycles. The SMILES string of the molecule is CN1CCN(C(=O)CCC2CCN(S(=O)(=O)c3ccccc3)CC2)CC1. The lowest BCUT2D eigenvalue weighted by molar-refractivity contribution is -0.133. The summed E-state index contributed by atoms with van der Waals surface area (Å²) in [5, 5.41) is 0. The van der Waals surface area contributed by atoms with Gasteiger partial charge in [-0.05, 0) is 44.4 Å². The summed E-state index contributed by atoms with van der Waals surface area (Å²) in [6.07, 6.45) is 3.12. The van der Waals surface area contributed by atoms with Crippen LogP contribution >= 0.6 is 0 Å². The molecule has 2 heterocycles. The van der Waals surface area contributed by atoms with Crippen molar-refractivity contribution in [3.63, 3.8) is 0 Å². The maximum atomic E-state index is 12.7. The summed E-state index contributed by atoms with van der Waals surface area (Å²) in [5.74, 6) is 0.686. The molecule has 26 heavy (non-hydrogen) atoms. The predicted octanol–water partition coefficient (Wildman–Crippen LogP) is 1.64. The first-order valence-electron chi connectivity index (χ1n) is 9.48. The van der Waals surface area contributed by atoms with Crippen molar-refractivity contribution in [1.29, 1.82) is 0 Å². The third-order valence-corrected chi connectivity index (χ3v) is 7.49. The van der Waals surface area contributed by atoms with E-state index in [0.717, 1.165) is 45.4 Å². The van der Waals surface area contributed by atoms with Crippen LogP contribution in [-0.4, -0.2) is 74.7 Å². The van der Waals surface area contributed by atoms with E-state index < -0.39 is 10.0 Å². The lowest BCUT2D eigenvalue weighted by Gasteiger charge is -2.34. The maximum Gasteiger partial charge on any atom is 0.243 e. The van der Waals surface area contributed by atoms with E-state index in [1.807, 2.05) is 11.0 Å². The fourth-order valence-electron chi connectivity index (χ4n) is 3.72. The Morgan fingerprint density at radius 1 is 1.00 bits per heavy atom. The van der Waals surface area contributed by atoms with Crippen LogP contribution in [0.5, 0.6) is 0 Å². The number of nitrogens with zero attached hydrogens (tertiary/aromatic N) is 3. The van der Waals surface area contributed by atoms with Crippen molar-refractivity contribution in [2.45, 2.75) is 30.6 Å². The topological polar surface area (TPSA) is 60.9 Å². The molecule has 0 atom stereocenters. The highest BCUT2D eigenvalue weighted by molar-refractivity contribution is 7.89. The zero-order valence-corrected chi connectivity index (χ0v) is 16.3. The van der Waals surface area contributed by atoms with Crippen molar-refractivity contribution in [1.82, 2.24) is 14.1 Å². The minimum absolute atomic E-state index is 0.248. The average molecular weight is 380 g/mol. The monoisotopic (exact) mass is 379 g/mol. The summed E-state index contributed by atoms with van der Waals surface area (Å²) in [5.41, 5.74) is 0. The Hall–Kier alpha value is -1.44. The van der Waals surface area contributed by atoms with Gasteiger partial charge < -0.3 is 9.80 Å². The number of carbonyl (C=O) groups is 1. The Balaban J connectivity index is 1.45. The van der Waals surface area contributed by atoms with Gasteiger partial charge in [0.2, 0.25) is 15.9 Å². The highest BCUT2D eigenvalue weighted by Gasteiger charge is 2.29. The molecule has 2 aliphatic heterocycles. The minimum atomic E-state index is -3.39. The highest BCUT2D eigenvalue weighted by Crippen LogP contribution is 2.26. The fourth-order valence-corrected chi connectivity index (χ4v) is 5.21. The number of likely N-dealkylation sites (N-methyl/N-ethyl adjacent to an activating group) is 1. The molecular weight excluding hydrogens is 350 g/mol. The molecule has 1 aromatic carbocycles. The Bertz CT molecular complexity index is 692. The van der Waals surface area contributed by atoms with Gasteiger partial charge in [0.1, 0.15) is 0 Å². The molecule has 0 saturated carbocycles. The van der Waals surface area contributed by atoms with E-state index in [9.17, 15) is 13.2 Å². The van der Waals surface area contributed by atoms with Crippen LogP contribution in [0.15, 0.2) is 35.2 Å². The van der Waals surface area contributed by atoms with Crippen LogP contribution in [0.25, 0.3) is 0 Å². The molecule has 0 spiro atoms. The van der Waals surface area contributed by atoms with Crippen molar-refractivity contribution >= 4 is 15.9 Å². The molecule has 3 rings (SSSR count). The molecule has 0 bridgehead atoms. The van der Waals surface area contributed by atoms with E-state index in [2.05, 4.69) is 11.9 Å². The first-order chi connectivity index (χ1) is 12.5. The molecule has 1 amide bonds. The normalized spacial score (nSPS) is 21.0. The molecular formula is C19H29N3O3S. The van der Waals surface area contributed by atoms with Gasteiger partial charge >= 0.3 is 0 Å². The van der Waals surface area contributed by atoms with Gasteiger partial charge in [-0.15, -0.1) is 0 Å². The van der Waals surface area contributed by atoms with E-state index >= 15 is 0 Å². The molecule has 1 aromatic rings. The molecule has 144 valence electrons. The van der Waals surface area contributed by atoms with Crippen molar-refractivity contribution in [3.8, 4) is 0 Å². The molecule has 0 radical (unpaired) electrons. The summed E-state index contributed by atoms with van der Waals surface area (Å²) < 4.78 is 26.9. The maximum absolute atomic E-state index is 12.7. The fraction of sp³-hybridized carbons (Fsp3) is 0.632. The van der Waals surface area contributed by atoms with E-state index in [1.54, 1.807) is 28.6 Å². The molecule has 0 N–H and O–H groups in total. The second-order valence-electron chi connectivity index (χ2n) is 7.38. The van der Waals surface area contributed by atoms with Gasteiger partial charge in [-0.1, -0.05) is 18.2 Å². The minimum Gasteiger partial charge on any atom is -0.340 e. The van der Waals surface area contributed by atoms with Crippen LogP contribution in [0, 0.1) is 5.92 Å². The van der Waals surface area contributed by atoms with Crippen molar-refractivity contribution in [2.75, 3.05) is 46.3 Å².